The number of hydrogen-bond donors (Lipinski definition) is 3. The second kappa shape index (κ2) is 5.75. The lowest BCUT2D eigenvalue weighted by molar-refractivity contribution is -0.123. The van der Waals surface area contributed by atoms with Crippen molar-refractivity contribution in [2.45, 2.75) is 45.3 Å². The highest BCUT2D eigenvalue weighted by molar-refractivity contribution is 7.81. The molecule has 0 radical (unpaired) electrons. The van der Waals surface area contributed by atoms with Crippen molar-refractivity contribution >= 4 is 18.5 Å². The van der Waals surface area contributed by atoms with Gasteiger partial charge in [0.2, 0.25) is 5.91 Å². The molecule has 15 heavy (non-hydrogen) atoms. The molecular formula is C11H23NO2S. The fraction of sp³-hybridized carbons (Fsp3) is 0.909. The molecule has 0 aliphatic carbocycles. The topological polar surface area (TPSA) is 49.3 Å². The first-order valence-corrected chi connectivity index (χ1v) is 5.71. The van der Waals surface area contributed by atoms with Gasteiger partial charge in [0.15, 0.2) is 0 Å². The number of carbonyl (C=O) groups excluding carboxylic acids is 1. The van der Waals surface area contributed by atoms with Crippen LogP contribution < -0.4 is 5.32 Å². The Balaban J connectivity index is 4.07. The van der Waals surface area contributed by atoms with Gasteiger partial charge in [-0.1, -0.05) is 27.7 Å². The first kappa shape index (κ1) is 14.8. The average molecular weight is 233 g/mol. The van der Waals surface area contributed by atoms with Crippen LogP contribution in [0.5, 0.6) is 0 Å². The van der Waals surface area contributed by atoms with Gasteiger partial charge >= 0.3 is 0 Å². The number of thiol groups is 1. The van der Waals surface area contributed by atoms with Gasteiger partial charge in [0.1, 0.15) is 0 Å². The maximum absolute atomic E-state index is 11.5. The molecule has 90 valence electrons. The molecule has 1 amide bonds. The average Bonchev–Trinajstić information content (AvgIpc) is 1.94. The molecule has 2 N–H and O–H groups in total. The summed E-state index contributed by atoms with van der Waals surface area (Å²) >= 11 is 4.47. The predicted molar refractivity (Wildman–Crippen MR) is 66.2 cm³/mol. The van der Waals surface area contributed by atoms with E-state index in [-0.39, 0.29) is 22.7 Å². The van der Waals surface area contributed by atoms with Crippen molar-refractivity contribution in [2.75, 3.05) is 13.2 Å². The van der Waals surface area contributed by atoms with Gasteiger partial charge in [0.05, 0.1) is 6.61 Å². The van der Waals surface area contributed by atoms with Gasteiger partial charge in [-0.05, 0) is 11.8 Å². The molecule has 0 aliphatic heterocycles. The van der Waals surface area contributed by atoms with Crippen LogP contribution >= 0.6 is 12.6 Å². The highest BCUT2D eigenvalue weighted by Crippen LogP contribution is 2.34. The number of nitrogens with one attached hydrogen (secondary N) is 1. The monoisotopic (exact) mass is 233 g/mol. The molecule has 0 saturated heterocycles. The summed E-state index contributed by atoms with van der Waals surface area (Å²) in [6, 6.07) is 0. The number of aliphatic hydroxyl groups is 1. The summed E-state index contributed by atoms with van der Waals surface area (Å²) in [5, 5.41) is 11.2. The SMILES string of the molecule is CC(C)(S)CC(C)(C)CC(=O)NCCO. The summed E-state index contributed by atoms with van der Waals surface area (Å²) in [7, 11) is 0. The normalized spacial score (nSPS) is 12.7. The van der Waals surface area contributed by atoms with E-state index in [1.165, 1.54) is 0 Å². The van der Waals surface area contributed by atoms with E-state index in [4.69, 9.17) is 5.11 Å². The molecule has 0 fully saturated rings. The van der Waals surface area contributed by atoms with E-state index in [0.29, 0.717) is 13.0 Å². The molecule has 4 heteroatoms. The third-order valence-electron chi connectivity index (χ3n) is 1.98. The number of carbonyl (C=O) groups is 1. The lowest BCUT2D eigenvalue weighted by Crippen LogP contribution is -2.33. The Kier molecular flexibility index (Phi) is 5.67. The number of amides is 1. The molecule has 0 bridgehead atoms. The van der Waals surface area contributed by atoms with Crippen LogP contribution in [-0.2, 0) is 4.79 Å². The van der Waals surface area contributed by atoms with Crippen molar-refractivity contribution in [3.8, 4) is 0 Å². The van der Waals surface area contributed by atoms with E-state index in [1.807, 2.05) is 13.8 Å². The zero-order valence-corrected chi connectivity index (χ0v) is 11.0. The Bertz CT molecular complexity index is 209. The second-order valence-corrected chi connectivity index (χ2v) is 6.61. The summed E-state index contributed by atoms with van der Waals surface area (Å²) in [5.74, 6) is -0.00775. The first-order valence-electron chi connectivity index (χ1n) is 5.26. The van der Waals surface area contributed by atoms with E-state index < -0.39 is 0 Å². The maximum Gasteiger partial charge on any atom is 0.220 e. The predicted octanol–water partition coefficient (Wildman–Crippen LogP) is 1.61. The van der Waals surface area contributed by atoms with Crippen molar-refractivity contribution in [1.29, 1.82) is 0 Å². The van der Waals surface area contributed by atoms with Crippen LogP contribution in [0.25, 0.3) is 0 Å². The molecule has 0 unspecified atom stereocenters. The van der Waals surface area contributed by atoms with E-state index in [2.05, 4.69) is 31.8 Å². The minimum absolute atomic E-state index is 0.00775. The smallest absolute Gasteiger partial charge is 0.220 e. The fourth-order valence-corrected chi connectivity index (χ4v) is 2.35. The van der Waals surface area contributed by atoms with Crippen molar-refractivity contribution in [3.63, 3.8) is 0 Å². The van der Waals surface area contributed by atoms with Gasteiger partial charge in [-0.2, -0.15) is 12.6 Å². The van der Waals surface area contributed by atoms with Gasteiger partial charge in [-0.25, -0.2) is 0 Å². The molecule has 0 heterocycles. The molecule has 0 rings (SSSR count). The zero-order valence-electron chi connectivity index (χ0n) is 10.1. The largest absolute Gasteiger partial charge is 0.395 e. The van der Waals surface area contributed by atoms with E-state index in [9.17, 15) is 4.79 Å². The van der Waals surface area contributed by atoms with Gasteiger partial charge in [0.25, 0.3) is 0 Å². The Hall–Kier alpha value is -0.220. The summed E-state index contributed by atoms with van der Waals surface area (Å²) in [6.07, 6.45) is 1.34. The van der Waals surface area contributed by atoms with Crippen molar-refractivity contribution in [2.24, 2.45) is 5.41 Å². The number of hydrogen-bond acceptors (Lipinski definition) is 3. The molecule has 0 saturated carbocycles. The summed E-state index contributed by atoms with van der Waals surface area (Å²) < 4.78 is -0.0687. The zero-order chi connectivity index (χ0) is 12.1. The molecule has 0 atom stereocenters. The van der Waals surface area contributed by atoms with E-state index >= 15 is 0 Å². The number of rotatable bonds is 6. The molecular weight excluding hydrogens is 210 g/mol. The van der Waals surface area contributed by atoms with Crippen LogP contribution in [0.3, 0.4) is 0 Å². The molecule has 0 aromatic carbocycles. The molecule has 0 aliphatic rings. The standard InChI is InChI=1S/C11H23NO2S/c1-10(2,8-11(3,4)15)7-9(14)12-5-6-13/h13,15H,5-8H2,1-4H3,(H,12,14). The van der Waals surface area contributed by atoms with Gasteiger partial charge in [0, 0.05) is 17.7 Å². The highest BCUT2D eigenvalue weighted by Gasteiger charge is 2.28. The van der Waals surface area contributed by atoms with Crippen molar-refractivity contribution in [3.05, 3.63) is 0 Å². The van der Waals surface area contributed by atoms with Crippen LogP contribution in [0.2, 0.25) is 0 Å². The van der Waals surface area contributed by atoms with Gasteiger partial charge in [-0.3, -0.25) is 4.79 Å². The first-order chi connectivity index (χ1) is 6.66. The lowest BCUT2D eigenvalue weighted by atomic mass is 9.80. The summed E-state index contributed by atoms with van der Waals surface area (Å²) in [6.45, 7) is 8.53. The highest BCUT2D eigenvalue weighted by atomic mass is 32.1. The quantitative estimate of drug-likeness (QED) is 0.610. The summed E-state index contributed by atoms with van der Waals surface area (Å²) in [4.78, 5) is 11.5. The van der Waals surface area contributed by atoms with Crippen LogP contribution in [0, 0.1) is 5.41 Å². The summed E-state index contributed by atoms with van der Waals surface area (Å²) in [5.41, 5.74) is -0.0647. The van der Waals surface area contributed by atoms with Crippen molar-refractivity contribution in [1.82, 2.24) is 5.32 Å². The maximum atomic E-state index is 11.5. The van der Waals surface area contributed by atoms with Crippen LogP contribution in [0.15, 0.2) is 0 Å². The fourth-order valence-electron chi connectivity index (χ4n) is 1.93. The third kappa shape index (κ3) is 8.75. The minimum Gasteiger partial charge on any atom is -0.395 e. The van der Waals surface area contributed by atoms with Crippen LogP contribution in [0.1, 0.15) is 40.5 Å². The molecule has 3 nitrogen and oxygen atoms in total. The van der Waals surface area contributed by atoms with Gasteiger partial charge < -0.3 is 10.4 Å². The Morgan fingerprint density at radius 3 is 2.27 bits per heavy atom. The van der Waals surface area contributed by atoms with E-state index in [1.54, 1.807) is 0 Å². The molecule has 0 spiro atoms. The Morgan fingerprint density at radius 2 is 1.87 bits per heavy atom. The Labute approximate surface area is 98.0 Å². The molecule has 0 aromatic heterocycles. The minimum atomic E-state index is -0.0687. The lowest BCUT2D eigenvalue weighted by Gasteiger charge is -2.31. The van der Waals surface area contributed by atoms with Gasteiger partial charge in [-0.15, -0.1) is 0 Å². The van der Waals surface area contributed by atoms with Crippen LogP contribution in [0.4, 0.5) is 0 Å². The molecule has 0 aromatic rings. The number of aliphatic hydroxyl groups excluding tert-OH is 1. The Morgan fingerprint density at radius 1 is 1.33 bits per heavy atom. The van der Waals surface area contributed by atoms with Crippen LogP contribution in [-0.4, -0.2) is 28.9 Å². The van der Waals surface area contributed by atoms with Crippen molar-refractivity contribution < 1.29 is 9.90 Å². The third-order valence-corrected chi connectivity index (χ3v) is 2.14. The van der Waals surface area contributed by atoms with E-state index in [0.717, 1.165) is 6.42 Å². The second-order valence-electron chi connectivity index (χ2n) is 5.40.